The second kappa shape index (κ2) is 18.9. The molecule has 1 aromatic rings. The van der Waals surface area contributed by atoms with Crippen molar-refractivity contribution in [3.8, 4) is 11.8 Å². The summed E-state index contributed by atoms with van der Waals surface area (Å²) in [6.07, 6.45) is -4.82. The number of amides is 5. The molecule has 7 atom stereocenters. The average Bonchev–Trinajstić information content (AvgIpc) is 3.40. The van der Waals surface area contributed by atoms with Gasteiger partial charge in [0.15, 0.2) is 6.10 Å². The number of carboxylic acid groups (broad SMARTS) is 1. The maximum atomic E-state index is 13.1. The Morgan fingerprint density at radius 1 is 0.923 bits per heavy atom. The zero-order valence-corrected chi connectivity index (χ0v) is 29.2. The highest BCUT2D eigenvalue weighted by molar-refractivity contribution is 6.12. The quantitative estimate of drug-likeness (QED) is 0.0501. The van der Waals surface area contributed by atoms with Gasteiger partial charge in [0.2, 0.25) is 17.7 Å². The highest BCUT2D eigenvalue weighted by atomic mass is 16.6. The molecule has 52 heavy (non-hydrogen) atoms. The number of imide groups is 1. The summed E-state index contributed by atoms with van der Waals surface area (Å²) in [7, 11) is 0. The van der Waals surface area contributed by atoms with Crippen LogP contribution in [0.4, 0.5) is 5.69 Å². The summed E-state index contributed by atoms with van der Waals surface area (Å²) < 4.78 is 10.3. The molecule has 1 fully saturated rings. The van der Waals surface area contributed by atoms with Gasteiger partial charge >= 0.3 is 11.9 Å². The molecular formula is C35H44N4O13. The fraction of sp³-hybridized carbons (Fsp3) is 0.514. The number of hydrogen-bond acceptors (Lipinski definition) is 12. The van der Waals surface area contributed by atoms with E-state index in [0.29, 0.717) is 24.8 Å². The Balaban J connectivity index is 1.61. The fourth-order valence-electron chi connectivity index (χ4n) is 5.21. The van der Waals surface area contributed by atoms with E-state index in [1.165, 1.54) is 44.2 Å². The number of nitrogens with zero attached hydrogens (tertiary/aromatic N) is 1. The minimum Gasteiger partial charge on any atom is -0.479 e. The Hall–Kier alpha value is -5.15. The van der Waals surface area contributed by atoms with E-state index in [1.807, 2.05) is 0 Å². The second-order valence-corrected chi connectivity index (χ2v) is 12.7. The first-order valence-corrected chi connectivity index (χ1v) is 16.6. The van der Waals surface area contributed by atoms with Crippen molar-refractivity contribution >= 4 is 47.2 Å². The molecule has 1 aromatic carbocycles. The third-order valence-electron chi connectivity index (χ3n) is 8.22. The minimum atomic E-state index is -1.90. The number of carbonyl (C=O) groups excluding carboxylic acids is 6. The number of esters is 1. The Morgan fingerprint density at radius 3 is 2.21 bits per heavy atom. The molecule has 2 aliphatic heterocycles. The summed E-state index contributed by atoms with van der Waals surface area (Å²) in [5, 5.41) is 47.6. The largest absolute Gasteiger partial charge is 0.479 e. The zero-order chi connectivity index (χ0) is 38.7. The van der Waals surface area contributed by atoms with Crippen molar-refractivity contribution in [1.82, 2.24) is 15.5 Å². The summed E-state index contributed by atoms with van der Waals surface area (Å²) in [4.78, 5) is 86.2. The van der Waals surface area contributed by atoms with Gasteiger partial charge in [-0.25, -0.2) is 4.79 Å². The Labute approximate surface area is 299 Å². The highest BCUT2D eigenvalue weighted by Gasteiger charge is 2.46. The van der Waals surface area contributed by atoms with Crippen LogP contribution >= 0.6 is 0 Å². The van der Waals surface area contributed by atoms with E-state index in [0.717, 1.165) is 4.90 Å². The molecular weight excluding hydrogens is 684 g/mol. The van der Waals surface area contributed by atoms with E-state index in [-0.39, 0.29) is 54.5 Å². The molecule has 5 amide bonds. The molecule has 0 aliphatic carbocycles. The number of aliphatic carboxylic acids is 1. The maximum absolute atomic E-state index is 13.1. The van der Waals surface area contributed by atoms with Gasteiger partial charge in [-0.3, -0.25) is 33.7 Å². The number of carboxylic acids is 1. The Kier molecular flexibility index (Phi) is 15.0. The number of rotatable bonds is 15. The van der Waals surface area contributed by atoms with Crippen molar-refractivity contribution in [3.05, 3.63) is 41.5 Å². The van der Waals surface area contributed by atoms with Crippen LogP contribution in [0.25, 0.3) is 0 Å². The number of aliphatic hydroxyl groups is 3. The van der Waals surface area contributed by atoms with Crippen LogP contribution in [0, 0.1) is 17.8 Å². The molecule has 1 saturated heterocycles. The number of unbranched alkanes of at least 4 members (excludes halogenated alkanes) is 2. The van der Waals surface area contributed by atoms with Gasteiger partial charge in [0.05, 0.1) is 0 Å². The first-order valence-electron chi connectivity index (χ1n) is 16.6. The molecule has 0 unspecified atom stereocenters. The predicted molar refractivity (Wildman–Crippen MR) is 180 cm³/mol. The number of benzene rings is 1. The van der Waals surface area contributed by atoms with Gasteiger partial charge in [-0.2, -0.15) is 0 Å². The molecule has 0 spiro atoms. The monoisotopic (exact) mass is 728 g/mol. The number of nitrogens with one attached hydrogen (secondary N) is 3. The SMILES string of the molecule is CC(=O)OCc1ccc(NC(=O)[C@H](C)NC(=O)[C@@H](NC(=O)CCCCCN2C(=O)C=CC2=O)C(C)C)cc1C#C[C@@H]1O[C@H](C(=O)O)[C@H](O)[C@H](O)[C@@H]1O. The number of hydrogen-bond donors (Lipinski definition) is 7. The molecule has 17 nitrogen and oxygen atoms in total. The number of carbonyl (C=O) groups is 7. The molecule has 17 heteroatoms. The average molecular weight is 729 g/mol. The normalized spacial score (nSPS) is 22.2. The molecule has 0 bridgehead atoms. The third-order valence-corrected chi connectivity index (χ3v) is 8.22. The van der Waals surface area contributed by atoms with Gasteiger partial charge in [-0.15, -0.1) is 0 Å². The van der Waals surface area contributed by atoms with Crippen molar-refractivity contribution in [1.29, 1.82) is 0 Å². The minimum absolute atomic E-state index is 0.111. The third kappa shape index (κ3) is 11.4. The van der Waals surface area contributed by atoms with Gasteiger partial charge in [-0.1, -0.05) is 38.2 Å². The van der Waals surface area contributed by atoms with Gasteiger partial charge in [0.25, 0.3) is 11.8 Å². The first kappa shape index (κ1) is 41.3. The van der Waals surface area contributed by atoms with Crippen LogP contribution in [0.5, 0.6) is 0 Å². The van der Waals surface area contributed by atoms with Crippen LogP contribution in [0.1, 0.15) is 64.5 Å². The molecule has 0 radical (unpaired) electrons. The van der Waals surface area contributed by atoms with E-state index in [4.69, 9.17) is 9.47 Å². The van der Waals surface area contributed by atoms with Crippen LogP contribution in [0.2, 0.25) is 0 Å². The molecule has 282 valence electrons. The molecule has 2 aliphatic rings. The lowest BCUT2D eigenvalue weighted by Crippen LogP contribution is -2.59. The smallest absolute Gasteiger partial charge is 0.335 e. The van der Waals surface area contributed by atoms with Crippen LogP contribution in [0.15, 0.2) is 30.4 Å². The zero-order valence-electron chi connectivity index (χ0n) is 29.2. The number of anilines is 1. The summed E-state index contributed by atoms with van der Waals surface area (Å²) in [6, 6.07) is 2.36. The second-order valence-electron chi connectivity index (χ2n) is 12.7. The van der Waals surface area contributed by atoms with Gasteiger partial charge in [-0.05, 0) is 37.8 Å². The van der Waals surface area contributed by atoms with Crippen LogP contribution in [0.3, 0.4) is 0 Å². The molecule has 7 N–H and O–H groups in total. The van der Waals surface area contributed by atoms with Crippen molar-refractivity contribution in [3.63, 3.8) is 0 Å². The fourth-order valence-corrected chi connectivity index (χ4v) is 5.21. The molecule has 3 rings (SSSR count). The van der Waals surface area contributed by atoms with Gasteiger partial charge in [0, 0.05) is 48.9 Å². The van der Waals surface area contributed by atoms with Crippen molar-refractivity contribution in [2.75, 3.05) is 11.9 Å². The molecule has 0 saturated carbocycles. The first-order chi connectivity index (χ1) is 24.5. The van der Waals surface area contributed by atoms with E-state index >= 15 is 0 Å². The number of ether oxygens (including phenoxy) is 2. The molecule has 2 heterocycles. The van der Waals surface area contributed by atoms with Crippen molar-refractivity contribution < 1.29 is 63.5 Å². The van der Waals surface area contributed by atoms with Crippen LogP contribution in [-0.2, 0) is 49.6 Å². The van der Waals surface area contributed by atoms with Crippen molar-refractivity contribution in [2.45, 2.75) is 103 Å². The van der Waals surface area contributed by atoms with Gasteiger partial charge < -0.3 is 45.9 Å². The van der Waals surface area contributed by atoms with E-state index in [9.17, 15) is 54.0 Å². The molecule has 0 aromatic heterocycles. The summed E-state index contributed by atoms with van der Waals surface area (Å²) >= 11 is 0. The summed E-state index contributed by atoms with van der Waals surface area (Å²) in [5.74, 6) is 0.382. The van der Waals surface area contributed by atoms with Crippen LogP contribution in [-0.4, -0.2) is 116 Å². The summed E-state index contributed by atoms with van der Waals surface area (Å²) in [5.41, 5.74) is 0.748. The van der Waals surface area contributed by atoms with Crippen LogP contribution < -0.4 is 16.0 Å². The van der Waals surface area contributed by atoms with E-state index < -0.39 is 66.4 Å². The van der Waals surface area contributed by atoms with E-state index in [1.54, 1.807) is 13.8 Å². The highest BCUT2D eigenvalue weighted by Crippen LogP contribution is 2.22. The van der Waals surface area contributed by atoms with Gasteiger partial charge in [0.1, 0.15) is 43.1 Å². The van der Waals surface area contributed by atoms with E-state index in [2.05, 4.69) is 27.8 Å². The Morgan fingerprint density at radius 2 is 1.60 bits per heavy atom. The lowest BCUT2D eigenvalue weighted by molar-refractivity contribution is -0.215. The Bertz CT molecular complexity index is 1610. The lowest BCUT2D eigenvalue weighted by Gasteiger charge is -2.36. The standard InChI is InChI=1S/C35H44N4O13/c1-18(2)28(38-25(41)8-6-5-7-15-39-26(42)13-14-27(39)43)34(48)36-19(3)33(47)37-23-11-9-22(17-51-20(4)40)21(16-23)10-12-24-29(44)30(45)31(46)32(52-24)35(49)50/h9,11,13-14,16,18-19,24,28-32,44-46H,5-8,15,17H2,1-4H3,(H,36,48)(H,37,47)(H,38,41)(H,49,50)/t19-,24-,28-,29+,30+,31+,32-/m0/s1. The topological polar surface area (TPSA) is 258 Å². The predicted octanol–water partition coefficient (Wildman–Crippen LogP) is -0.895. The number of aliphatic hydroxyl groups excluding tert-OH is 3. The summed E-state index contributed by atoms with van der Waals surface area (Å²) in [6.45, 7) is 6.12. The van der Waals surface area contributed by atoms with Crippen molar-refractivity contribution in [2.24, 2.45) is 5.92 Å². The maximum Gasteiger partial charge on any atom is 0.335 e. The lowest BCUT2D eigenvalue weighted by atomic mass is 9.95.